The lowest BCUT2D eigenvalue weighted by atomic mass is 9.81. The lowest BCUT2D eigenvalue weighted by molar-refractivity contribution is -0.666. The fraction of sp³-hybridized carbons (Fsp3) is 0.108. The van der Waals surface area contributed by atoms with E-state index in [1.807, 2.05) is 0 Å². The Kier molecular flexibility index (Phi) is 7.06. The minimum absolute atomic E-state index is 0.847. The third-order valence-electron chi connectivity index (χ3n) is 8.49. The topological polar surface area (TPSA) is 61.1 Å². The van der Waals surface area contributed by atoms with E-state index >= 15 is 0 Å². The van der Waals surface area contributed by atoms with Gasteiger partial charge in [0.05, 0.1) is 11.1 Å². The molecule has 0 spiro atoms. The second-order valence-corrected chi connectivity index (χ2v) is 12.5. The maximum atomic E-state index is 10.7. The highest BCUT2D eigenvalue weighted by atomic mass is 32.2. The average molecular weight is 622 g/mol. The van der Waals surface area contributed by atoms with E-state index in [0.29, 0.717) is 0 Å². The molecule has 224 valence electrons. The van der Waals surface area contributed by atoms with Crippen LogP contribution in [0.1, 0.15) is 16.7 Å². The Morgan fingerprint density at radius 3 is 1.89 bits per heavy atom. The van der Waals surface area contributed by atoms with E-state index in [4.69, 9.17) is 13.0 Å². The van der Waals surface area contributed by atoms with Gasteiger partial charge in [0.25, 0.3) is 0 Å². The van der Waals surface area contributed by atoms with Crippen molar-refractivity contribution in [3.8, 4) is 44.8 Å². The van der Waals surface area contributed by atoms with Crippen LogP contribution in [0.15, 0.2) is 121 Å². The molecule has 1 heterocycles. The van der Waals surface area contributed by atoms with Crippen molar-refractivity contribution in [2.45, 2.75) is 24.9 Å². The molecule has 2 aliphatic carbocycles. The van der Waals surface area contributed by atoms with Gasteiger partial charge in [0.2, 0.25) is 11.4 Å². The molecule has 8 heteroatoms. The highest BCUT2D eigenvalue weighted by molar-refractivity contribution is 7.86. The summed E-state index contributed by atoms with van der Waals surface area (Å²) in [4.78, 5) is 0. The lowest BCUT2D eigenvalue weighted by Crippen LogP contribution is -2.42. The minimum atomic E-state index is -6.09. The Hall–Kier alpha value is -4.79. The first kappa shape index (κ1) is 29.0. The van der Waals surface area contributed by atoms with Crippen molar-refractivity contribution in [3.05, 3.63) is 138 Å². The zero-order chi connectivity index (χ0) is 31.3. The van der Waals surface area contributed by atoms with Gasteiger partial charge in [-0.15, -0.1) is 0 Å². The highest BCUT2D eigenvalue weighted by Gasteiger charge is 2.40. The van der Waals surface area contributed by atoms with Gasteiger partial charge in [0.1, 0.15) is 0 Å². The number of aryl methyl sites for hydroxylation is 1. The standard InChI is InChI=1S/C36H26N.CHF3O3S/c1-3-11-24(12-4-1)23-37-35-28-18-8-7-13-25(28)21-22-31(35)33(27-14-5-2-6-15-27)34-29-19-9-16-26-17-10-20-30(32(26)29)36(34)37;2-1(3,4)8(5,6)7/h1-20H,21-23H2;(H,5,6,7)/q+1;/p-1. The molecule has 0 saturated heterocycles. The van der Waals surface area contributed by atoms with E-state index in [1.54, 1.807) is 0 Å². The lowest BCUT2D eigenvalue weighted by Gasteiger charge is -2.24. The van der Waals surface area contributed by atoms with Crippen molar-refractivity contribution in [1.29, 1.82) is 0 Å². The molecule has 0 N–H and O–H groups in total. The Morgan fingerprint density at radius 1 is 0.644 bits per heavy atom. The fourth-order valence-corrected chi connectivity index (χ4v) is 6.71. The number of fused-ring (bicyclic) bond motifs is 6. The summed E-state index contributed by atoms with van der Waals surface area (Å²) >= 11 is 0. The van der Waals surface area contributed by atoms with Crippen molar-refractivity contribution in [3.63, 3.8) is 0 Å². The molecule has 8 rings (SSSR count). The predicted octanol–water partition coefficient (Wildman–Crippen LogP) is 8.31. The predicted molar refractivity (Wildman–Crippen MR) is 168 cm³/mol. The summed E-state index contributed by atoms with van der Waals surface area (Å²) in [6.45, 7) is 0.847. The maximum Gasteiger partial charge on any atom is 0.485 e. The number of halogens is 3. The van der Waals surface area contributed by atoms with Crippen LogP contribution in [0.3, 0.4) is 0 Å². The molecule has 45 heavy (non-hydrogen) atoms. The molecule has 2 aliphatic rings. The Bertz CT molecular complexity index is 2190. The van der Waals surface area contributed by atoms with Crippen LogP contribution in [0, 0.1) is 0 Å². The number of hydrogen-bond donors (Lipinski definition) is 0. The molecular weight excluding hydrogens is 595 g/mol. The summed E-state index contributed by atoms with van der Waals surface area (Å²) in [5.74, 6) is 0. The molecule has 0 aliphatic heterocycles. The third kappa shape index (κ3) is 5.00. The first-order valence-electron chi connectivity index (χ1n) is 14.5. The fourth-order valence-electron chi connectivity index (χ4n) is 6.71. The van der Waals surface area contributed by atoms with Gasteiger partial charge in [-0.3, -0.25) is 0 Å². The number of pyridine rings is 1. The van der Waals surface area contributed by atoms with E-state index in [0.717, 1.165) is 19.4 Å². The molecule has 6 aromatic rings. The van der Waals surface area contributed by atoms with Crippen molar-refractivity contribution in [2.24, 2.45) is 0 Å². The molecule has 0 bridgehead atoms. The van der Waals surface area contributed by atoms with E-state index in [-0.39, 0.29) is 0 Å². The molecule has 0 fully saturated rings. The summed E-state index contributed by atoms with van der Waals surface area (Å²) in [6, 6.07) is 44.7. The third-order valence-corrected chi connectivity index (χ3v) is 9.06. The Labute approximate surface area is 258 Å². The smallest absolute Gasteiger partial charge is 0.485 e. The van der Waals surface area contributed by atoms with Crippen molar-refractivity contribution >= 4 is 20.9 Å². The van der Waals surface area contributed by atoms with E-state index in [1.165, 1.54) is 72.2 Å². The zero-order valence-electron chi connectivity index (χ0n) is 23.9. The SMILES string of the molecule is O=S(=O)([O-])C(F)(F)F.c1ccc(C[n+]2c3c(c(-c4ccccc4)c4c2-c2cccc5cccc-4c25)CCc2ccccc2-3)cc1. The van der Waals surface area contributed by atoms with Crippen molar-refractivity contribution in [1.82, 2.24) is 0 Å². The summed E-state index contributed by atoms with van der Waals surface area (Å²) in [5.41, 5.74) is 9.55. The number of nitrogens with zero attached hydrogens (tertiary/aromatic N) is 1. The first-order valence-corrected chi connectivity index (χ1v) is 15.9. The van der Waals surface area contributed by atoms with Crippen molar-refractivity contribution < 1.29 is 30.7 Å². The van der Waals surface area contributed by atoms with Crippen LogP contribution < -0.4 is 4.57 Å². The van der Waals surface area contributed by atoms with Gasteiger partial charge in [-0.05, 0) is 47.1 Å². The van der Waals surface area contributed by atoms with Crippen LogP contribution in [0.4, 0.5) is 13.2 Å². The monoisotopic (exact) mass is 621 g/mol. The van der Waals surface area contributed by atoms with E-state index < -0.39 is 15.6 Å². The van der Waals surface area contributed by atoms with Crippen LogP contribution in [-0.4, -0.2) is 18.5 Å². The quantitative estimate of drug-likeness (QED) is 0.113. The molecule has 1 aromatic heterocycles. The first-order chi connectivity index (χ1) is 21.6. The Balaban J connectivity index is 0.000000363. The molecular formula is C37H26F3NO3S. The van der Waals surface area contributed by atoms with Gasteiger partial charge in [0, 0.05) is 27.6 Å². The summed E-state index contributed by atoms with van der Waals surface area (Å²) in [5, 5.41) is 2.70. The van der Waals surface area contributed by atoms with Crippen LogP contribution >= 0.6 is 0 Å². The Morgan fingerprint density at radius 2 is 1.22 bits per heavy atom. The van der Waals surface area contributed by atoms with Gasteiger partial charge >= 0.3 is 5.51 Å². The van der Waals surface area contributed by atoms with Crippen molar-refractivity contribution in [2.75, 3.05) is 0 Å². The molecule has 5 aromatic carbocycles. The molecule has 0 saturated carbocycles. The van der Waals surface area contributed by atoms with E-state index in [9.17, 15) is 13.2 Å². The zero-order valence-corrected chi connectivity index (χ0v) is 24.7. The van der Waals surface area contributed by atoms with Crippen LogP contribution in [0.5, 0.6) is 0 Å². The molecule has 0 radical (unpaired) electrons. The van der Waals surface area contributed by atoms with Crippen LogP contribution in [0.25, 0.3) is 55.5 Å². The van der Waals surface area contributed by atoms with Gasteiger partial charge in [-0.2, -0.15) is 17.7 Å². The normalized spacial score (nSPS) is 13.0. The summed E-state index contributed by atoms with van der Waals surface area (Å²) in [7, 11) is -6.09. The largest absolute Gasteiger partial charge is 0.741 e. The van der Waals surface area contributed by atoms with Gasteiger partial charge in [-0.1, -0.05) is 109 Å². The second kappa shape index (κ2) is 11.0. The molecule has 4 nitrogen and oxygen atoms in total. The van der Waals surface area contributed by atoms with Crippen LogP contribution in [0.2, 0.25) is 0 Å². The number of alkyl halides is 3. The molecule has 0 amide bonds. The summed E-state index contributed by atoms with van der Waals surface area (Å²) < 4.78 is 61.5. The second-order valence-electron chi connectivity index (χ2n) is 11.1. The number of rotatable bonds is 3. The van der Waals surface area contributed by atoms with Gasteiger partial charge in [-0.25, -0.2) is 8.42 Å². The maximum absolute atomic E-state index is 10.7. The number of aromatic nitrogens is 1. The molecule has 0 unspecified atom stereocenters. The minimum Gasteiger partial charge on any atom is -0.741 e. The average Bonchev–Trinajstić information content (AvgIpc) is 3.37. The number of hydrogen-bond acceptors (Lipinski definition) is 3. The van der Waals surface area contributed by atoms with Crippen LogP contribution in [-0.2, 0) is 29.5 Å². The number of benzene rings is 5. The van der Waals surface area contributed by atoms with Gasteiger partial charge in [0.15, 0.2) is 16.7 Å². The van der Waals surface area contributed by atoms with Gasteiger partial charge < -0.3 is 4.55 Å². The summed E-state index contributed by atoms with van der Waals surface area (Å²) in [6.07, 6.45) is 2.12. The molecule has 0 atom stereocenters. The van der Waals surface area contributed by atoms with E-state index in [2.05, 4.69) is 126 Å². The highest BCUT2D eigenvalue weighted by Crippen LogP contribution is 2.53.